The number of carbonyl (C=O) groups excluding carboxylic acids is 2. The van der Waals surface area contributed by atoms with Crippen LogP contribution >= 0.6 is 0 Å². The Morgan fingerprint density at radius 1 is 1.08 bits per heavy atom. The summed E-state index contributed by atoms with van der Waals surface area (Å²) in [5, 5.41) is 2.73. The Labute approximate surface area is 152 Å². The molecule has 0 aromatic heterocycles. The number of nitrogens with one attached hydrogen (secondary N) is 1. The van der Waals surface area contributed by atoms with Gasteiger partial charge in [0, 0.05) is 12.1 Å². The number of amides is 2. The highest BCUT2D eigenvalue weighted by molar-refractivity contribution is 7.89. The molecule has 3 rings (SSSR count). The lowest BCUT2D eigenvalue weighted by Gasteiger charge is -2.23. The Balaban J connectivity index is 1.87. The van der Waals surface area contributed by atoms with Gasteiger partial charge < -0.3 is 5.32 Å². The molecule has 0 spiro atoms. The number of anilines is 1. The van der Waals surface area contributed by atoms with Crippen molar-refractivity contribution in [3.05, 3.63) is 59.7 Å². The summed E-state index contributed by atoms with van der Waals surface area (Å²) < 4.78 is 26.4. The van der Waals surface area contributed by atoms with Crippen LogP contribution in [0.15, 0.2) is 53.4 Å². The summed E-state index contributed by atoms with van der Waals surface area (Å²) in [4.78, 5) is 24.9. The second-order valence-corrected chi connectivity index (χ2v) is 8.17. The molecule has 0 bridgehead atoms. The Kier molecular flexibility index (Phi) is 4.82. The minimum absolute atomic E-state index is 0.000713. The maximum atomic E-state index is 12.8. The van der Waals surface area contributed by atoms with E-state index in [1.54, 1.807) is 24.3 Å². The molecule has 1 aliphatic rings. The highest BCUT2D eigenvalue weighted by Crippen LogP contribution is 2.28. The number of carbonyl (C=O) groups is 2. The van der Waals surface area contributed by atoms with Crippen molar-refractivity contribution in [2.45, 2.75) is 37.6 Å². The third-order valence-corrected chi connectivity index (χ3v) is 6.38. The minimum Gasteiger partial charge on any atom is -0.324 e. The summed E-state index contributed by atoms with van der Waals surface area (Å²) in [5.74, 6) is -1.06. The molecule has 1 aliphatic heterocycles. The summed E-state index contributed by atoms with van der Waals surface area (Å²) in [6.07, 6.45) is 0.193. The van der Waals surface area contributed by atoms with E-state index in [0.29, 0.717) is 5.69 Å². The Morgan fingerprint density at radius 3 is 2.42 bits per heavy atom. The van der Waals surface area contributed by atoms with Gasteiger partial charge in [-0.2, -0.15) is 0 Å². The number of hydrogen-bond acceptors (Lipinski definition) is 4. The third kappa shape index (κ3) is 3.35. The van der Waals surface area contributed by atoms with Crippen LogP contribution in [0.2, 0.25) is 0 Å². The molecular formula is C19H20N2O4S. The molecular weight excluding hydrogens is 352 g/mol. The molecule has 1 atom stereocenters. The largest absolute Gasteiger partial charge is 0.324 e. The molecule has 1 unspecified atom stereocenters. The van der Waals surface area contributed by atoms with E-state index in [1.807, 2.05) is 26.0 Å². The molecule has 26 heavy (non-hydrogen) atoms. The maximum Gasteiger partial charge on any atom is 0.267 e. The summed E-state index contributed by atoms with van der Waals surface area (Å²) in [6.45, 7) is 3.89. The molecule has 1 N–H and O–H groups in total. The molecule has 2 aromatic rings. The number of rotatable bonds is 4. The third-order valence-electron chi connectivity index (χ3n) is 4.54. The molecule has 136 valence electrons. The molecule has 7 heteroatoms. The van der Waals surface area contributed by atoms with Crippen LogP contribution in [0.25, 0.3) is 0 Å². The van der Waals surface area contributed by atoms with Crippen molar-refractivity contribution in [3.63, 3.8) is 0 Å². The fourth-order valence-electron chi connectivity index (χ4n) is 2.95. The van der Waals surface area contributed by atoms with E-state index in [-0.39, 0.29) is 17.7 Å². The summed E-state index contributed by atoms with van der Waals surface area (Å²) in [7, 11) is -4.07. The maximum absolute atomic E-state index is 12.8. The molecule has 2 aromatic carbocycles. The van der Waals surface area contributed by atoms with Gasteiger partial charge >= 0.3 is 0 Å². The van der Waals surface area contributed by atoms with E-state index >= 15 is 0 Å². The first-order valence-electron chi connectivity index (χ1n) is 8.31. The lowest BCUT2D eigenvalue weighted by atomic mass is 10.1. The van der Waals surface area contributed by atoms with Gasteiger partial charge in [0.1, 0.15) is 6.04 Å². The highest BCUT2D eigenvalue weighted by Gasteiger charge is 2.44. The molecule has 1 heterocycles. The van der Waals surface area contributed by atoms with Gasteiger partial charge in [-0.1, -0.05) is 24.3 Å². The van der Waals surface area contributed by atoms with Crippen LogP contribution < -0.4 is 5.32 Å². The quantitative estimate of drug-likeness (QED) is 0.894. The fourth-order valence-corrected chi connectivity index (χ4v) is 4.58. The van der Waals surface area contributed by atoms with E-state index in [9.17, 15) is 18.0 Å². The first-order valence-corrected chi connectivity index (χ1v) is 9.75. The molecule has 2 amide bonds. The minimum atomic E-state index is -4.07. The van der Waals surface area contributed by atoms with Crippen LogP contribution in [0.5, 0.6) is 0 Å². The van der Waals surface area contributed by atoms with Gasteiger partial charge in [-0.05, 0) is 55.7 Å². The van der Waals surface area contributed by atoms with E-state index in [4.69, 9.17) is 0 Å². The van der Waals surface area contributed by atoms with Crippen molar-refractivity contribution in [2.24, 2.45) is 0 Å². The smallest absolute Gasteiger partial charge is 0.267 e. The van der Waals surface area contributed by atoms with Gasteiger partial charge in [0.2, 0.25) is 11.8 Å². The molecule has 1 fully saturated rings. The lowest BCUT2D eigenvalue weighted by Crippen LogP contribution is -2.45. The fraction of sp³-hybridized carbons (Fsp3) is 0.263. The Hall–Kier alpha value is -2.67. The zero-order chi connectivity index (χ0) is 18.9. The molecule has 1 saturated heterocycles. The van der Waals surface area contributed by atoms with Crippen LogP contribution in [-0.4, -0.2) is 30.6 Å². The van der Waals surface area contributed by atoms with Crippen LogP contribution in [0, 0.1) is 13.8 Å². The van der Waals surface area contributed by atoms with Crippen molar-refractivity contribution in [1.29, 1.82) is 0 Å². The number of aryl methyl sites for hydroxylation is 2. The molecule has 0 radical (unpaired) electrons. The number of benzene rings is 2. The van der Waals surface area contributed by atoms with Crippen molar-refractivity contribution < 1.29 is 18.0 Å². The second-order valence-electron chi connectivity index (χ2n) is 6.35. The number of nitrogens with zero attached hydrogens (tertiary/aromatic N) is 1. The zero-order valence-electron chi connectivity index (χ0n) is 14.6. The predicted octanol–water partition coefficient (Wildman–Crippen LogP) is 2.62. The van der Waals surface area contributed by atoms with Gasteiger partial charge in [0.15, 0.2) is 0 Å². The number of hydrogen-bond donors (Lipinski definition) is 1. The average molecular weight is 372 g/mol. The molecule has 6 nitrogen and oxygen atoms in total. The summed E-state index contributed by atoms with van der Waals surface area (Å²) >= 11 is 0. The Morgan fingerprint density at radius 2 is 1.77 bits per heavy atom. The SMILES string of the molecule is Cc1ccc(NC(=O)C2CCC(=O)N2S(=O)(=O)c2ccccc2)cc1C. The molecule has 0 saturated carbocycles. The summed E-state index contributed by atoms with van der Waals surface area (Å²) in [6, 6.07) is 12.1. The average Bonchev–Trinajstić information content (AvgIpc) is 3.01. The van der Waals surface area contributed by atoms with Crippen LogP contribution in [-0.2, 0) is 19.6 Å². The monoisotopic (exact) mass is 372 g/mol. The Bertz CT molecular complexity index is 955. The van der Waals surface area contributed by atoms with Crippen molar-refractivity contribution >= 4 is 27.5 Å². The van der Waals surface area contributed by atoms with E-state index < -0.39 is 27.9 Å². The van der Waals surface area contributed by atoms with Gasteiger partial charge in [-0.3, -0.25) is 9.59 Å². The predicted molar refractivity (Wildman–Crippen MR) is 98.0 cm³/mol. The topological polar surface area (TPSA) is 83.6 Å². The number of sulfonamides is 1. The first kappa shape index (κ1) is 18.1. The lowest BCUT2D eigenvalue weighted by molar-refractivity contribution is -0.128. The normalized spacial score (nSPS) is 17.4. The molecule has 0 aliphatic carbocycles. The van der Waals surface area contributed by atoms with Crippen molar-refractivity contribution in [1.82, 2.24) is 4.31 Å². The van der Waals surface area contributed by atoms with Crippen molar-refractivity contribution in [2.75, 3.05) is 5.32 Å². The summed E-state index contributed by atoms with van der Waals surface area (Å²) in [5.41, 5.74) is 2.68. The van der Waals surface area contributed by atoms with E-state index in [2.05, 4.69) is 5.32 Å². The van der Waals surface area contributed by atoms with Crippen LogP contribution in [0.1, 0.15) is 24.0 Å². The van der Waals surface area contributed by atoms with Crippen molar-refractivity contribution in [3.8, 4) is 0 Å². The van der Waals surface area contributed by atoms with Gasteiger partial charge in [-0.15, -0.1) is 0 Å². The van der Waals surface area contributed by atoms with Gasteiger partial charge in [0.05, 0.1) is 4.90 Å². The van der Waals surface area contributed by atoms with Gasteiger partial charge in [-0.25, -0.2) is 12.7 Å². The van der Waals surface area contributed by atoms with Crippen LogP contribution in [0.4, 0.5) is 5.69 Å². The highest BCUT2D eigenvalue weighted by atomic mass is 32.2. The van der Waals surface area contributed by atoms with E-state index in [1.165, 1.54) is 12.1 Å². The van der Waals surface area contributed by atoms with Gasteiger partial charge in [0.25, 0.3) is 10.0 Å². The first-order chi connectivity index (χ1) is 12.3. The van der Waals surface area contributed by atoms with E-state index in [0.717, 1.165) is 15.4 Å². The zero-order valence-corrected chi connectivity index (χ0v) is 15.4. The van der Waals surface area contributed by atoms with Crippen LogP contribution in [0.3, 0.4) is 0 Å². The second kappa shape index (κ2) is 6.92. The standard InChI is InChI=1S/C19H20N2O4S/c1-13-8-9-15(12-14(13)2)20-19(23)17-10-11-18(22)21(17)26(24,25)16-6-4-3-5-7-16/h3-9,12,17H,10-11H2,1-2H3,(H,20,23).